The maximum atomic E-state index is 11.6. The van der Waals surface area contributed by atoms with Gasteiger partial charge in [-0.3, -0.25) is 4.79 Å². The highest BCUT2D eigenvalue weighted by Gasteiger charge is 2.22. The largest absolute Gasteiger partial charge is 0.343 e. The first-order valence-electron chi connectivity index (χ1n) is 5.77. The fraction of sp³-hybridized carbons (Fsp3) is 0.917. The highest BCUT2D eigenvalue weighted by atomic mass is 16.2. The predicted octanol–water partition coefficient (Wildman–Crippen LogP) is 3.07. The Hall–Kier alpha value is -0.530. The van der Waals surface area contributed by atoms with Gasteiger partial charge < -0.3 is 4.90 Å². The molecule has 1 rings (SSSR count). The van der Waals surface area contributed by atoms with E-state index < -0.39 is 0 Å². The summed E-state index contributed by atoms with van der Waals surface area (Å²) in [5, 5.41) is 0. The van der Waals surface area contributed by atoms with E-state index >= 15 is 0 Å². The molecule has 1 saturated heterocycles. The molecule has 0 aromatic heterocycles. The molecular formula is C12H25NO. The minimum Gasteiger partial charge on any atom is -0.343 e. The maximum absolute atomic E-state index is 11.6. The summed E-state index contributed by atoms with van der Waals surface area (Å²) in [4.78, 5) is 13.6. The van der Waals surface area contributed by atoms with E-state index in [1.54, 1.807) is 0 Å². The van der Waals surface area contributed by atoms with Crippen LogP contribution in [-0.2, 0) is 4.79 Å². The Kier molecular flexibility index (Phi) is 5.82. The number of hydrogen-bond acceptors (Lipinski definition) is 1. The molecule has 1 heterocycles. The lowest BCUT2D eigenvalue weighted by Crippen LogP contribution is -2.30. The summed E-state index contributed by atoms with van der Waals surface area (Å²) in [6.07, 6.45) is 3.07. The van der Waals surface area contributed by atoms with E-state index in [-0.39, 0.29) is 5.41 Å². The maximum Gasteiger partial charge on any atom is 0.223 e. The van der Waals surface area contributed by atoms with Crippen LogP contribution in [0.5, 0.6) is 0 Å². The Morgan fingerprint density at radius 2 is 1.57 bits per heavy atom. The molecule has 0 saturated carbocycles. The number of hydrogen-bond donors (Lipinski definition) is 0. The van der Waals surface area contributed by atoms with E-state index in [0.29, 0.717) is 12.3 Å². The molecule has 0 aromatic carbocycles. The van der Waals surface area contributed by atoms with Crippen molar-refractivity contribution in [1.82, 2.24) is 4.90 Å². The molecule has 2 nitrogen and oxygen atoms in total. The Morgan fingerprint density at radius 3 is 1.93 bits per heavy atom. The first-order valence-corrected chi connectivity index (χ1v) is 5.77. The Bertz CT molecular complexity index is 164. The van der Waals surface area contributed by atoms with Crippen LogP contribution >= 0.6 is 0 Å². The zero-order chi connectivity index (χ0) is 11.2. The van der Waals surface area contributed by atoms with Gasteiger partial charge in [-0.05, 0) is 18.3 Å². The fourth-order valence-corrected chi connectivity index (χ4v) is 1.53. The summed E-state index contributed by atoms with van der Waals surface area (Å²) < 4.78 is 0. The standard InChI is InChI=1S/C10H19NO.C2H6/c1-10(2,3)8-9(12)11-6-4-5-7-11;1-2/h4-8H2,1-3H3;1-2H3. The highest BCUT2D eigenvalue weighted by molar-refractivity contribution is 5.77. The van der Waals surface area contributed by atoms with Gasteiger partial charge in [-0.2, -0.15) is 0 Å². The molecule has 0 atom stereocenters. The number of rotatable bonds is 1. The summed E-state index contributed by atoms with van der Waals surface area (Å²) in [5.74, 6) is 0.333. The second kappa shape index (κ2) is 6.05. The van der Waals surface area contributed by atoms with E-state index in [2.05, 4.69) is 20.8 Å². The highest BCUT2D eigenvalue weighted by Crippen LogP contribution is 2.21. The lowest BCUT2D eigenvalue weighted by atomic mass is 9.92. The van der Waals surface area contributed by atoms with E-state index in [9.17, 15) is 4.79 Å². The third kappa shape index (κ3) is 5.25. The Labute approximate surface area is 88.7 Å². The van der Waals surface area contributed by atoms with Crippen LogP contribution in [0.3, 0.4) is 0 Å². The van der Waals surface area contributed by atoms with Crippen molar-refractivity contribution in [2.24, 2.45) is 5.41 Å². The number of carbonyl (C=O) groups excluding carboxylic acids is 1. The van der Waals surface area contributed by atoms with Crippen molar-refractivity contribution in [3.05, 3.63) is 0 Å². The van der Waals surface area contributed by atoms with Crippen molar-refractivity contribution in [3.8, 4) is 0 Å². The summed E-state index contributed by atoms with van der Waals surface area (Å²) >= 11 is 0. The molecule has 0 radical (unpaired) electrons. The van der Waals surface area contributed by atoms with Crippen LogP contribution in [0.2, 0.25) is 0 Å². The first-order chi connectivity index (χ1) is 6.49. The van der Waals surface area contributed by atoms with Crippen LogP contribution in [0, 0.1) is 5.41 Å². The minimum atomic E-state index is 0.139. The minimum absolute atomic E-state index is 0.139. The summed E-state index contributed by atoms with van der Waals surface area (Å²) in [5.41, 5.74) is 0.139. The molecule has 2 heteroatoms. The zero-order valence-corrected chi connectivity index (χ0v) is 10.4. The van der Waals surface area contributed by atoms with Crippen LogP contribution in [0.15, 0.2) is 0 Å². The molecule has 0 N–H and O–H groups in total. The summed E-state index contributed by atoms with van der Waals surface area (Å²) in [6, 6.07) is 0. The molecular weight excluding hydrogens is 174 g/mol. The smallest absolute Gasteiger partial charge is 0.223 e. The molecule has 14 heavy (non-hydrogen) atoms. The third-order valence-electron chi connectivity index (χ3n) is 2.14. The van der Waals surface area contributed by atoms with Gasteiger partial charge in [-0.1, -0.05) is 34.6 Å². The van der Waals surface area contributed by atoms with Gasteiger partial charge in [0.2, 0.25) is 5.91 Å². The van der Waals surface area contributed by atoms with Gasteiger partial charge in [-0.15, -0.1) is 0 Å². The third-order valence-corrected chi connectivity index (χ3v) is 2.14. The van der Waals surface area contributed by atoms with Crippen LogP contribution in [0.4, 0.5) is 0 Å². The molecule has 0 unspecified atom stereocenters. The van der Waals surface area contributed by atoms with Gasteiger partial charge in [0.25, 0.3) is 0 Å². The number of likely N-dealkylation sites (tertiary alicyclic amines) is 1. The summed E-state index contributed by atoms with van der Waals surface area (Å²) in [7, 11) is 0. The van der Waals surface area contributed by atoms with Gasteiger partial charge in [0.05, 0.1) is 0 Å². The van der Waals surface area contributed by atoms with Gasteiger partial charge >= 0.3 is 0 Å². The van der Waals surface area contributed by atoms with E-state index in [1.165, 1.54) is 12.8 Å². The van der Waals surface area contributed by atoms with Crippen LogP contribution in [0.25, 0.3) is 0 Å². The topological polar surface area (TPSA) is 20.3 Å². The van der Waals surface area contributed by atoms with Crippen molar-refractivity contribution in [3.63, 3.8) is 0 Å². The first kappa shape index (κ1) is 13.5. The van der Waals surface area contributed by atoms with Crippen LogP contribution < -0.4 is 0 Å². The molecule has 0 aromatic rings. The van der Waals surface area contributed by atoms with E-state index in [4.69, 9.17) is 0 Å². The quantitative estimate of drug-likeness (QED) is 0.635. The number of nitrogens with zero attached hydrogens (tertiary/aromatic N) is 1. The van der Waals surface area contributed by atoms with Gasteiger partial charge in [0.1, 0.15) is 0 Å². The molecule has 1 fully saturated rings. The normalized spacial score (nSPS) is 16.2. The van der Waals surface area contributed by atoms with Crippen LogP contribution in [-0.4, -0.2) is 23.9 Å². The lowest BCUT2D eigenvalue weighted by molar-refractivity contribution is -0.131. The van der Waals surface area contributed by atoms with Crippen molar-refractivity contribution in [1.29, 1.82) is 0 Å². The monoisotopic (exact) mass is 199 g/mol. The Balaban J connectivity index is 0.000000791. The predicted molar refractivity (Wildman–Crippen MR) is 61.2 cm³/mol. The Morgan fingerprint density at radius 1 is 1.14 bits per heavy atom. The summed E-state index contributed by atoms with van der Waals surface area (Å²) in [6.45, 7) is 12.3. The zero-order valence-electron chi connectivity index (χ0n) is 10.4. The average Bonchev–Trinajstić information content (AvgIpc) is 2.56. The van der Waals surface area contributed by atoms with Crippen LogP contribution in [0.1, 0.15) is 53.9 Å². The van der Waals surface area contributed by atoms with Crippen molar-refractivity contribution >= 4 is 5.91 Å². The van der Waals surface area contributed by atoms with Gasteiger partial charge in [0, 0.05) is 19.5 Å². The van der Waals surface area contributed by atoms with Gasteiger partial charge in [-0.25, -0.2) is 0 Å². The molecule has 1 aliphatic rings. The van der Waals surface area contributed by atoms with Crippen molar-refractivity contribution < 1.29 is 4.79 Å². The van der Waals surface area contributed by atoms with Crippen molar-refractivity contribution in [2.45, 2.75) is 53.9 Å². The molecule has 84 valence electrons. The molecule has 0 spiro atoms. The van der Waals surface area contributed by atoms with E-state index in [0.717, 1.165) is 13.1 Å². The number of carbonyl (C=O) groups is 1. The molecule has 0 aliphatic carbocycles. The average molecular weight is 199 g/mol. The number of amides is 1. The lowest BCUT2D eigenvalue weighted by Gasteiger charge is -2.22. The SMILES string of the molecule is CC.CC(C)(C)CC(=O)N1CCCC1. The van der Waals surface area contributed by atoms with Gasteiger partial charge in [0.15, 0.2) is 0 Å². The molecule has 1 amide bonds. The fourth-order valence-electron chi connectivity index (χ4n) is 1.53. The van der Waals surface area contributed by atoms with E-state index in [1.807, 2.05) is 18.7 Å². The second-order valence-corrected chi connectivity index (χ2v) is 4.83. The molecule has 0 bridgehead atoms. The molecule has 1 aliphatic heterocycles. The van der Waals surface area contributed by atoms with Crippen molar-refractivity contribution in [2.75, 3.05) is 13.1 Å². The second-order valence-electron chi connectivity index (χ2n) is 4.83.